The van der Waals surface area contributed by atoms with Gasteiger partial charge in [-0.1, -0.05) is 0 Å². The number of carbonyl (C=O) groups is 3. The maximum absolute atomic E-state index is 10.6. The first-order valence-electron chi connectivity index (χ1n) is 12.7. The van der Waals surface area contributed by atoms with Crippen LogP contribution in [0.3, 0.4) is 0 Å². The predicted octanol–water partition coefficient (Wildman–Crippen LogP) is 4.17. The van der Waals surface area contributed by atoms with Crippen molar-refractivity contribution in [2.75, 3.05) is 39.8 Å². The minimum atomic E-state index is -5.08. The number of hydrogen-bond acceptors (Lipinski definition) is 7. The number of rotatable bonds is 4. The molecule has 0 amide bonds. The molecule has 3 saturated heterocycles. The van der Waals surface area contributed by atoms with E-state index in [1.54, 1.807) is 6.26 Å². The Morgan fingerprint density at radius 1 is 0.837 bits per heavy atom. The van der Waals surface area contributed by atoms with Gasteiger partial charge in [-0.15, -0.1) is 0 Å². The molecule has 3 aliphatic heterocycles. The van der Waals surface area contributed by atoms with Gasteiger partial charge in [0.05, 0.1) is 12.5 Å². The molecule has 248 valence electrons. The minimum absolute atomic E-state index is 0.780. The fraction of sp³-hybridized carbons (Fsp3) is 0.708. The summed E-state index contributed by atoms with van der Waals surface area (Å²) in [5.74, 6) is -7.41. The number of piperidine rings is 1. The first-order valence-corrected chi connectivity index (χ1v) is 12.7. The molecule has 3 N–H and O–H groups in total. The van der Waals surface area contributed by atoms with Gasteiger partial charge in [-0.2, -0.15) is 39.5 Å². The van der Waals surface area contributed by atoms with Crippen LogP contribution in [-0.4, -0.2) is 118 Å². The highest BCUT2D eigenvalue weighted by Crippen LogP contribution is 2.35. The van der Waals surface area contributed by atoms with Crippen LogP contribution in [0.5, 0.6) is 0 Å². The second-order valence-corrected chi connectivity index (χ2v) is 9.95. The van der Waals surface area contributed by atoms with Crippen LogP contribution < -0.4 is 0 Å². The lowest BCUT2D eigenvalue weighted by molar-refractivity contribution is -0.193. The summed E-state index contributed by atoms with van der Waals surface area (Å²) in [5.41, 5.74) is 1.32. The summed E-state index contributed by atoms with van der Waals surface area (Å²) in [4.78, 5) is 34.7. The third kappa shape index (κ3) is 13.8. The fourth-order valence-electron chi connectivity index (χ4n) is 4.90. The molecule has 0 saturated carbocycles. The van der Waals surface area contributed by atoms with E-state index in [-0.39, 0.29) is 0 Å². The Morgan fingerprint density at radius 3 is 1.70 bits per heavy atom. The van der Waals surface area contributed by atoms with Crippen molar-refractivity contribution in [1.29, 1.82) is 0 Å². The van der Waals surface area contributed by atoms with E-state index in [2.05, 4.69) is 27.8 Å². The number of halogens is 9. The van der Waals surface area contributed by atoms with E-state index < -0.39 is 36.4 Å². The van der Waals surface area contributed by atoms with Crippen molar-refractivity contribution in [3.05, 3.63) is 24.2 Å². The molecular weight excluding hydrogens is 613 g/mol. The molecule has 4 rings (SSSR count). The predicted molar refractivity (Wildman–Crippen MR) is 129 cm³/mol. The Hall–Kier alpha value is -3.06. The van der Waals surface area contributed by atoms with Gasteiger partial charge < -0.3 is 24.6 Å². The number of carboxylic acid groups (broad SMARTS) is 3. The largest absolute Gasteiger partial charge is 0.490 e. The number of alkyl halides is 9. The van der Waals surface area contributed by atoms with Gasteiger partial charge in [0, 0.05) is 37.3 Å². The number of nitrogens with zero attached hydrogens (tertiary/aromatic N) is 3. The molecule has 4 heterocycles. The average molecular weight is 646 g/mol. The van der Waals surface area contributed by atoms with Crippen LogP contribution in [0.25, 0.3) is 0 Å². The molecule has 19 heteroatoms. The number of hydrogen-bond donors (Lipinski definition) is 3. The van der Waals surface area contributed by atoms with E-state index >= 15 is 0 Å². The van der Waals surface area contributed by atoms with Gasteiger partial charge >= 0.3 is 36.4 Å². The molecule has 0 bridgehead atoms. The van der Waals surface area contributed by atoms with Crippen molar-refractivity contribution in [3.63, 3.8) is 0 Å². The molecule has 3 aliphatic rings. The Morgan fingerprint density at radius 2 is 1.30 bits per heavy atom. The van der Waals surface area contributed by atoms with Gasteiger partial charge in [0.2, 0.25) is 0 Å². The quantitative estimate of drug-likeness (QED) is 0.410. The fourth-order valence-corrected chi connectivity index (χ4v) is 4.90. The lowest BCUT2D eigenvalue weighted by Crippen LogP contribution is -2.46. The minimum Gasteiger partial charge on any atom is -0.475 e. The Labute approximate surface area is 239 Å². The van der Waals surface area contributed by atoms with E-state index in [4.69, 9.17) is 34.1 Å². The summed E-state index contributed by atoms with van der Waals surface area (Å²) in [6.07, 6.45) is -6.04. The molecule has 43 heavy (non-hydrogen) atoms. The topological polar surface area (TPSA) is 135 Å². The summed E-state index contributed by atoms with van der Waals surface area (Å²) in [7, 11) is 2.37. The van der Waals surface area contributed by atoms with Crippen molar-refractivity contribution < 1.29 is 73.6 Å². The maximum atomic E-state index is 10.6. The number of likely N-dealkylation sites (N-methyl/N-ethyl adjacent to an activating group) is 1. The summed E-state index contributed by atoms with van der Waals surface area (Å²) < 4.78 is 100. The second kappa shape index (κ2) is 16.1. The summed E-state index contributed by atoms with van der Waals surface area (Å²) in [5, 5.41) is 21.4. The molecule has 0 unspecified atom stereocenters. The van der Waals surface area contributed by atoms with Crippen molar-refractivity contribution >= 4 is 17.9 Å². The zero-order valence-corrected chi connectivity index (χ0v) is 22.8. The van der Waals surface area contributed by atoms with Crippen LogP contribution in [0.1, 0.15) is 31.2 Å². The highest BCUT2D eigenvalue weighted by atomic mass is 19.4. The molecule has 0 aliphatic carbocycles. The van der Waals surface area contributed by atoms with E-state index in [1.165, 1.54) is 64.0 Å². The first kappa shape index (κ1) is 38.0. The molecule has 0 spiro atoms. The van der Waals surface area contributed by atoms with Gasteiger partial charge in [0.25, 0.3) is 0 Å². The monoisotopic (exact) mass is 645 g/mol. The molecule has 3 fully saturated rings. The van der Waals surface area contributed by atoms with Crippen LogP contribution in [0.4, 0.5) is 39.5 Å². The van der Waals surface area contributed by atoms with Gasteiger partial charge in [-0.25, -0.2) is 14.4 Å². The van der Waals surface area contributed by atoms with E-state index in [0.717, 1.165) is 24.5 Å². The molecule has 3 atom stereocenters. The summed E-state index contributed by atoms with van der Waals surface area (Å²) in [6.45, 7) is 7.49. The van der Waals surface area contributed by atoms with Gasteiger partial charge in [0.15, 0.2) is 0 Å². The van der Waals surface area contributed by atoms with Crippen LogP contribution in [0.2, 0.25) is 0 Å². The number of furan rings is 1. The summed E-state index contributed by atoms with van der Waals surface area (Å²) >= 11 is 0. The lowest BCUT2D eigenvalue weighted by Gasteiger charge is -2.37. The van der Waals surface area contributed by atoms with Crippen LogP contribution >= 0.6 is 0 Å². The zero-order chi connectivity index (χ0) is 33.2. The van der Waals surface area contributed by atoms with E-state index in [9.17, 15) is 39.5 Å². The van der Waals surface area contributed by atoms with Gasteiger partial charge in [-0.3, -0.25) is 9.80 Å². The molecule has 1 aromatic heterocycles. The third-order valence-electron chi connectivity index (χ3n) is 6.83. The second-order valence-electron chi connectivity index (χ2n) is 9.95. The molecule has 0 radical (unpaired) electrons. The lowest BCUT2D eigenvalue weighted by atomic mass is 9.92. The number of aliphatic carboxylic acids is 3. The van der Waals surface area contributed by atoms with Crippen LogP contribution in [0, 0.1) is 5.92 Å². The average Bonchev–Trinajstić information content (AvgIpc) is 3.62. The summed E-state index contributed by atoms with van der Waals surface area (Å²) in [6, 6.07) is 3.69. The number of likely N-dealkylation sites (tertiary alicyclic amines) is 3. The normalized spacial score (nSPS) is 23.1. The Bertz CT molecular complexity index is 954. The van der Waals surface area contributed by atoms with Crippen molar-refractivity contribution in [3.8, 4) is 0 Å². The Balaban J connectivity index is 0.000000363. The maximum Gasteiger partial charge on any atom is 0.490 e. The van der Waals surface area contributed by atoms with Crippen LogP contribution in [-0.2, 0) is 20.9 Å². The zero-order valence-electron chi connectivity index (χ0n) is 22.8. The van der Waals surface area contributed by atoms with E-state index in [0.29, 0.717) is 0 Å². The van der Waals surface area contributed by atoms with E-state index in [1.807, 2.05) is 6.26 Å². The highest BCUT2D eigenvalue weighted by molar-refractivity contribution is 5.73. The van der Waals surface area contributed by atoms with Crippen molar-refractivity contribution in [2.45, 2.75) is 62.8 Å². The Kier molecular flexibility index (Phi) is 14.2. The highest BCUT2D eigenvalue weighted by Gasteiger charge is 2.42. The van der Waals surface area contributed by atoms with Crippen molar-refractivity contribution in [1.82, 2.24) is 14.7 Å². The third-order valence-corrected chi connectivity index (χ3v) is 6.83. The van der Waals surface area contributed by atoms with Gasteiger partial charge in [0.1, 0.15) is 0 Å². The molecule has 10 nitrogen and oxygen atoms in total. The smallest absolute Gasteiger partial charge is 0.475 e. The molecule has 0 aromatic carbocycles. The number of fused-ring (bicyclic) bond motifs is 1. The van der Waals surface area contributed by atoms with Crippen LogP contribution in [0.15, 0.2) is 23.0 Å². The van der Waals surface area contributed by atoms with Gasteiger partial charge in [-0.05, 0) is 64.3 Å². The number of carboxylic acids is 3. The SMILES string of the molecule is CN1[C@H](CN2CCCC2)C[C@@H]2CN(Cc3ccoc3)CC[C@@H]21.O=C(O)C(F)(F)F.O=C(O)C(F)(F)F.O=C(O)C(F)(F)F. The molecule has 1 aromatic rings. The van der Waals surface area contributed by atoms with Crippen molar-refractivity contribution in [2.24, 2.45) is 5.92 Å². The first-order chi connectivity index (χ1) is 19.6. The standard InChI is InChI=1S/C18H29N3O.3C2HF3O2/c1-19-17(13-20-6-2-3-7-20)10-16-12-21(8-4-18(16)19)11-15-5-9-22-14-15;3*3-2(4,5)1(6)7/h5,9,14,16-18H,2-4,6-8,10-13H2,1H3;3*(H,6,7)/t16-,17+,18+;;;/m1.../s1. The molecular formula is C24H32F9N3O7.